The van der Waals surface area contributed by atoms with E-state index in [2.05, 4.69) is 4.74 Å². The predicted molar refractivity (Wildman–Crippen MR) is 64.0 cm³/mol. The van der Waals surface area contributed by atoms with Crippen molar-refractivity contribution in [3.8, 4) is 0 Å². The zero-order valence-corrected chi connectivity index (χ0v) is 9.94. The molecule has 0 heterocycles. The first-order chi connectivity index (χ1) is 8.20. The topological polar surface area (TPSA) is 43.4 Å². The molecule has 90 valence electrons. The first-order valence-electron chi connectivity index (χ1n) is 5.90. The third-order valence-corrected chi connectivity index (χ3v) is 3.35. The van der Waals surface area contributed by atoms with Crippen LogP contribution in [0.3, 0.4) is 0 Å². The van der Waals surface area contributed by atoms with Gasteiger partial charge in [-0.05, 0) is 36.5 Å². The van der Waals surface area contributed by atoms with Crippen LogP contribution in [-0.4, -0.2) is 18.9 Å². The molecular formula is C14H16O3. The molecule has 1 fully saturated rings. The van der Waals surface area contributed by atoms with Crippen LogP contribution in [0.15, 0.2) is 24.3 Å². The molecule has 0 unspecified atom stereocenters. The van der Waals surface area contributed by atoms with Gasteiger partial charge >= 0.3 is 5.97 Å². The average molecular weight is 232 g/mol. The van der Waals surface area contributed by atoms with E-state index in [9.17, 15) is 9.59 Å². The van der Waals surface area contributed by atoms with Crippen molar-refractivity contribution in [3.63, 3.8) is 0 Å². The van der Waals surface area contributed by atoms with Gasteiger partial charge in [0.2, 0.25) is 0 Å². The van der Waals surface area contributed by atoms with Crippen LogP contribution in [0.4, 0.5) is 0 Å². The van der Waals surface area contributed by atoms with Crippen LogP contribution in [0, 0.1) is 0 Å². The molecular weight excluding hydrogens is 216 g/mol. The maximum atomic E-state index is 11.3. The van der Waals surface area contributed by atoms with Gasteiger partial charge in [-0.3, -0.25) is 4.79 Å². The van der Waals surface area contributed by atoms with Crippen molar-refractivity contribution in [2.75, 3.05) is 7.11 Å². The van der Waals surface area contributed by atoms with Crippen molar-refractivity contribution in [1.29, 1.82) is 0 Å². The van der Waals surface area contributed by atoms with E-state index in [0.717, 1.165) is 12.8 Å². The summed E-state index contributed by atoms with van der Waals surface area (Å²) in [6, 6.07) is 7.51. The van der Waals surface area contributed by atoms with Gasteiger partial charge in [-0.1, -0.05) is 12.1 Å². The lowest BCUT2D eigenvalue weighted by Crippen LogP contribution is -2.12. The van der Waals surface area contributed by atoms with Crippen LogP contribution in [0.2, 0.25) is 0 Å². The average Bonchev–Trinajstić information content (AvgIpc) is 2.39. The highest BCUT2D eigenvalue weighted by Crippen LogP contribution is 2.31. The van der Waals surface area contributed by atoms with E-state index in [0.29, 0.717) is 30.1 Å². The number of carbonyl (C=O) groups is 2. The first-order valence-corrected chi connectivity index (χ1v) is 5.90. The molecule has 1 aliphatic carbocycles. The van der Waals surface area contributed by atoms with E-state index in [-0.39, 0.29) is 5.97 Å². The van der Waals surface area contributed by atoms with Crippen molar-refractivity contribution in [1.82, 2.24) is 0 Å². The van der Waals surface area contributed by atoms with Gasteiger partial charge in [-0.25, -0.2) is 4.79 Å². The van der Waals surface area contributed by atoms with Gasteiger partial charge in [-0.15, -0.1) is 0 Å². The van der Waals surface area contributed by atoms with Crippen LogP contribution < -0.4 is 0 Å². The number of hydrogen-bond acceptors (Lipinski definition) is 3. The van der Waals surface area contributed by atoms with Crippen molar-refractivity contribution >= 4 is 11.8 Å². The summed E-state index contributed by atoms with van der Waals surface area (Å²) in [6.07, 6.45) is 3.22. The van der Waals surface area contributed by atoms with Gasteiger partial charge in [0.25, 0.3) is 0 Å². The summed E-state index contributed by atoms with van der Waals surface area (Å²) in [7, 11) is 1.38. The number of Topliss-reactive ketones (excluding diaryl/α,β-unsaturated/α-hetero) is 1. The maximum Gasteiger partial charge on any atom is 0.337 e. The molecule has 0 aliphatic heterocycles. The fourth-order valence-electron chi connectivity index (χ4n) is 2.28. The highest BCUT2D eigenvalue weighted by molar-refractivity contribution is 5.89. The van der Waals surface area contributed by atoms with Crippen LogP contribution >= 0.6 is 0 Å². The third-order valence-electron chi connectivity index (χ3n) is 3.35. The third kappa shape index (κ3) is 2.73. The molecule has 0 bridgehead atoms. The molecule has 0 aromatic heterocycles. The van der Waals surface area contributed by atoms with Gasteiger partial charge in [-0.2, -0.15) is 0 Å². The normalized spacial score (nSPS) is 16.9. The molecule has 1 aromatic rings. The van der Waals surface area contributed by atoms with Gasteiger partial charge in [0.1, 0.15) is 5.78 Å². The Morgan fingerprint density at radius 3 is 2.29 bits per heavy atom. The predicted octanol–water partition coefficient (Wildman–Crippen LogP) is 2.70. The summed E-state index contributed by atoms with van der Waals surface area (Å²) in [5.41, 5.74) is 1.79. The minimum Gasteiger partial charge on any atom is -0.465 e. The lowest BCUT2D eigenvalue weighted by Gasteiger charge is -2.21. The molecule has 0 N–H and O–H groups in total. The summed E-state index contributed by atoms with van der Waals surface area (Å²) < 4.78 is 4.65. The number of methoxy groups -OCH3 is 1. The summed E-state index contributed by atoms with van der Waals surface area (Å²) in [6.45, 7) is 0. The molecule has 3 nitrogen and oxygen atoms in total. The van der Waals surface area contributed by atoms with Crippen LogP contribution in [-0.2, 0) is 9.53 Å². The Bertz CT molecular complexity index is 410. The van der Waals surface area contributed by atoms with Crippen LogP contribution in [0.1, 0.15) is 47.5 Å². The maximum absolute atomic E-state index is 11.3. The number of ketones is 1. The Labute approximate surface area is 101 Å². The molecule has 0 atom stereocenters. The molecule has 0 spiro atoms. The molecule has 3 heteroatoms. The van der Waals surface area contributed by atoms with E-state index in [1.54, 1.807) is 12.1 Å². The lowest BCUT2D eigenvalue weighted by atomic mass is 9.83. The van der Waals surface area contributed by atoms with E-state index < -0.39 is 0 Å². The lowest BCUT2D eigenvalue weighted by molar-refractivity contribution is -0.120. The molecule has 1 aromatic carbocycles. The number of carbonyl (C=O) groups excluding carboxylic acids is 2. The highest BCUT2D eigenvalue weighted by atomic mass is 16.5. The van der Waals surface area contributed by atoms with Gasteiger partial charge in [0.15, 0.2) is 0 Å². The minimum absolute atomic E-state index is 0.310. The Balaban J connectivity index is 2.07. The number of benzene rings is 1. The van der Waals surface area contributed by atoms with E-state index in [4.69, 9.17) is 0 Å². The van der Waals surface area contributed by atoms with Crippen LogP contribution in [0.25, 0.3) is 0 Å². The molecule has 1 aliphatic rings. The summed E-state index contributed by atoms with van der Waals surface area (Å²) in [4.78, 5) is 22.4. The second-order valence-corrected chi connectivity index (χ2v) is 4.43. The molecule has 0 saturated heterocycles. The van der Waals surface area contributed by atoms with E-state index in [1.807, 2.05) is 12.1 Å². The quantitative estimate of drug-likeness (QED) is 0.736. The fourth-order valence-corrected chi connectivity index (χ4v) is 2.28. The van der Waals surface area contributed by atoms with Gasteiger partial charge < -0.3 is 4.74 Å². The van der Waals surface area contributed by atoms with E-state index in [1.165, 1.54) is 12.7 Å². The standard InChI is InChI=1S/C14H16O3/c1-17-14(16)12-4-2-10(3-5-12)11-6-8-13(15)9-7-11/h2-5,11H,6-9H2,1H3. The minimum atomic E-state index is -0.310. The Morgan fingerprint density at radius 2 is 1.76 bits per heavy atom. The second-order valence-electron chi connectivity index (χ2n) is 4.43. The van der Waals surface area contributed by atoms with Crippen molar-refractivity contribution in [3.05, 3.63) is 35.4 Å². The Morgan fingerprint density at radius 1 is 1.18 bits per heavy atom. The number of hydrogen-bond donors (Lipinski definition) is 0. The second kappa shape index (κ2) is 5.13. The highest BCUT2D eigenvalue weighted by Gasteiger charge is 2.20. The van der Waals surface area contributed by atoms with Gasteiger partial charge in [0, 0.05) is 12.8 Å². The fraction of sp³-hybridized carbons (Fsp3) is 0.429. The van der Waals surface area contributed by atoms with Gasteiger partial charge in [0.05, 0.1) is 12.7 Å². The van der Waals surface area contributed by atoms with Crippen molar-refractivity contribution in [2.24, 2.45) is 0 Å². The zero-order chi connectivity index (χ0) is 12.3. The summed E-state index contributed by atoms with van der Waals surface area (Å²) >= 11 is 0. The smallest absolute Gasteiger partial charge is 0.337 e. The Hall–Kier alpha value is -1.64. The first kappa shape index (κ1) is 11.8. The molecule has 1 saturated carbocycles. The Kier molecular flexibility index (Phi) is 3.57. The number of ether oxygens (including phenoxy) is 1. The summed E-state index contributed by atoms with van der Waals surface area (Å²) in [5.74, 6) is 0.516. The van der Waals surface area contributed by atoms with Crippen molar-refractivity contribution in [2.45, 2.75) is 31.6 Å². The monoisotopic (exact) mass is 232 g/mol. The largest absolute Gasteiger partial charge is 0.465 e. The molecule has 2 rings (SSSR count). The zero-order valence-electron chi connectivity index (χ0n) is 9.94. The number of esters is 1. The summed E-state index contributed by atoms with van der Waals surface area (Å²) in [5, 5.41) is 0. The molecule has 0 radical (unpaired) electrons. The van der Waals surface area contributed by atoms with E-state index >= 15 is 0 Å². The number of rotatable bonds is 2. The van der Waals surface area contributed by atoms with Crippen molar-refractivity contribution < 1.29 is 14.3 Å². The van der Waals surface area contributed by atoms with Crippen LogP contribution in [0.5, 0.6) is 0 Å². The molecule has 0 amide bonds. The molecule has 17 heavy (non-hydrogen) atoms. The SMILES string of the molecule is COC(=O)c1ccc(C2CCC(=O)CC2)cc1.